The summed E-state index contributed by atoms with van der Waals surface area (Å²) in [7, 11) is 1.63. The summed E-state index contributed by atoms with van der Waals surface area (Å²) in [6.07, 6.45) is 3.53. The molecular formula is C18H24N2O4. The van der Waals surface area contributed by atoms with Gasteiger partial charge in [0.2, 0.25) is 5.91 Å². The fraction of sp³-hybridized carbons (Fsp3) is 0.556. The molecule has 1 unspecified atom stereocenters. The molecular weight excluding hydrogens is 308 g/mol. The summed E-state index contributed by atoms with van der Waals surface area (Å²) in [4.78, 5) is 27.7. The third-order valence-corrected chi connectivity index (χ3v) is 4.81. The quantitative estimate of drug-likeness (QED) is 0.823. The van der Waals surface area contributed by atoms with Gasteiger partial charge in [-0.3, -0.25) is 14.5 Å². The lowest BCUT2D eigenvalue weighted by Crippen LogP contribution is -2.45. The van der Waals surface area contributed by atoms with E-state index in [1.54, 1.807) is 12.0 Å². The van der Waals surface area contributed by atoms with Gasteiger partial charge in [0.15, 0.2) is 0 Å². The number of benzene rings is 1. The minimum Gasteiger partial charge on any atom is -0.497 e. The highest BCUT2D eigenvalue weighted by Gasteiger charge is 2.36. The van der Waals surface area contributed by atoms with Crippen molar-refractivity contribution in [2.75, 3.05) is 20.2 Å². The fourth-order valence-corrected chi connectivity index (χ4v) is 3.29. The number of ether oxygens (including phenoxy) is 1. The zero-order valence-electron chi connectivity index (χ0n) is 14.0. The van der Waals surface area contributed by atoms with Gasteiger partial charge in [-0.1, -0.05) is 12.1 Å². The number of hydrogen-bond donors (Lipinski definition) is 1. The second-order valence-corrected chi connectivity index (χ2v) is 6.57. The van der Waals surface area contributed by atoms with Crippen molar-refractivity contribution in [3.8, 4) is 5.75 Å². The second kappa shape index (κ2) is 7.21. The van der Waals surface area contributed by atoms with Crippen molar-refractivity contribution in [2.45, 2.75) is 44.3 Å². The maximum Gasteiger partial charge on any atom is 0.320 e. The monoisotopic (exact) mass is 332 g/mol. The van der Waals surface area contributed by atoms with Crippen LogP contribution in [0.25, 0.3) is 0 Å². The molecule has 2 fully saturated rings. The third kappa shape index (κ3) is 3.87. The SMILES string of the molecule is COc1ccc(CN(C(=O)CN2CCCC2C(=O)O)C2CC2)cc1. The summed E-state index contributed by atoms with van der Waals surface area (Å²) in [5, 5.41) is 9.26. The van der Waals surface area contributed by atoms with Crippen LogP contribution in [0.15, 0.2) is 24.3 Å². The van der Waals surface area contributed by atoms with E-state index in [0.29, 0.717) is 25.6 Å². The summed E-state index contributed by atoms with van der Waals surface area (Å²) in [6, 6.07) is 7.51. The van der Waals surface area contributed by atoms with Crippen LogP contribution < -0.4 is 4.74 Å². The maximum absolute atomic E-state index is 12.7. The zero-order chi connectivity index (χ0) is 17.1. The van der Waals surface area contributed by atoms with Crippen LogP contribution in [-0.4, -0.2) is 59.1 Å². The average molecular weight is 332 g/mol. The molecule has 1 aromatic carbocycles. The fourth-order valence-electron chi connectivity index (χ4n) is 3.29. The Balaban J connectivity index is 1.64. The van der Waals surface area contributed by atoms with Gasteiger partial charge in [-0.15, -0.1) is 0 Å². The molecule has 130 valence electrons. The molecule has 0 bridgehead atoms. The van der Waals surface area contributed by atoms with Crippen LogP contribution in [-0.2, 0) is 16.1 Å². The number of methoxy groups -OCH3 is 1. The minimum absolute atomic E-state index is 0.0291. The number of carboxylic acids is 1. The predicted molar refractivity (Wildman–Crippen MR) is 88.8 cm³/mol. The van der Waals surface area contributed by atoms with E-state index in [1.165, 1.54) is 0 Å². The van der Waals surface area contributed by atoms with Crippen molar-refractivity contribution >= 4 is 11.9 Å². The first kappa shape index (κ1) is 16.8. The van der Waals surface area contributed by atoms with Crippen molar-refractivity contribution in [1.29, 1.82) is 0 Å². The molecule has 1 saturated heterocycles. The van der Waals surface area contributed by atoms with Crippen LogP contribution in [0.3, 0.4) is 0 Å². The Labute approximate surface area is 142 Å². The summed E-state index contributed by atoms with van der Waals surface area (Å²) in [6.45, 7) is 1.45. The lowest BCUT2D eigenvalue weighted by atomic mass is 10.2. The van der Waals surface area contributed by atoms with Crippen LogP contribution in [0.5, 0.6) is 5.75 Å². The van der Waals surface area contributed by atoms with E-state index in [4.69, 9.17) is 4.74 Å². The molecule has 1 aromatic rings. The first-order chi connectivity index (χ1) is 11.6. The highest BCUT2D eigenvalue weighted by atomic mass is 16.5. The van der Waals surface area contributed by atoms with E-state index >= 15 is 0 Å². The Bertz CT molecular complexity index is 598. The highest BCUT2D eigenvalue weighted by Crippen LogP contribution is 2.29. The largest absolute Gasteiger partial charge is 0.497 e. The van der Waals surface area contributed by atoms with Gasteiger partial charge in [-0.2, -0.15) is 0 Å². The Morgan fingerprint density at radius 3 is 2.54 bits per heavy atom. The Kier molecular flexibility index (Phi) is 5.04. The van der Waals surface area contributed by atoms with Crippen LogP contribution in [0.1, 0.15) is 31.2 Å². The van der Waals surface area contributed by atoms with Crippen LogP contribution in [0.2, 0.25) is 0 Å². The van der Waals surface area contributed by atoms with Crippen molar-refractivity contribution in [1.82, 2.24) is 9.80 Å². The maximum atomic E-state index is 12.7. The van der Waals surface area contributed by atoms with E-state index in [9.17, 15) is 14.7 Å². The van der Waals surface area contributed by atoms with Gasteiger partial charge in [0, 0.05) is 12.6 Å². The van der Waals surface area contributed by atoms with Gasteiger partial charge < -0.3 is 14.7 Å². The summed E-state index contributed by atoms with van der Waals surface area (Å²) >= 11 is 0. The molecule has 0 radical (unpaired) electrons. The van der Waals surface area contributed by atoms with Gasteiger partial charge in [0.05, 0.1) is 13.7 Å². The molecule has 1 amide bonds. The van der Waals surface area contributed by atoms with E-state index in [-0.39, 0.29) is 12.5 Å². The smallest absolute Gasteiger partial charge is 0.320 e. The number of carbonyl (C=O) groups excluding carboxylic acids is 1. The summed E-state index contributed by atoms with van der Waals surface area (Å²) in [5.41, 5.74) is 1.06. The summed E-state index contributed by atoms with van der Waals surface area (Å²) < 4.78 is 5.16. The van der Waals surface area contributed by atoms with E-state index in [1.807, 2.05) is 29.2 Å². The van der Waals surface area contributed by atoms with E-state index in [2.05, 4.69) is 0 Å². The number of aliphatic carboxylic acids is 1. The molecule has 6 nitrogen and oxygen atoms in total. The molecule has 2 aliphatic rings. The van der Waals surface area contributed by atoms with E-state index < -0.39 is 12.0 Å². The van der Waals surface area contributed by atoms with Crippen LogP contribution in [0.4, 0.5) is 0 Å². The minimum atomic E-state index is -0.826. The molecule has 1 aliphatic carbocycles. The number of carboxylic acid groups (broad SMARTS) is 1. The van der Waals surface area contributed by atoms with Crippen molar-refractivity contribution in [3.05, 3.63) is 29.8 Å². The number of amides is 1. The normalized spacial score (nSPS) is 20.8. The molecule has 0 aromatic heterocycles. The van der Waals surface area contributed by atoms with Crippen LogP contribution >= 0.6 is 0 Å². The van der Waals surface area contributed by atoms with E-state index in [0.717, 1.165) is 30.6 Å². The van der Waals surface area contributed by atoms with Gasteiger partial charge >= 0.3 is 5.97 Å². The molecule has 1 N–H and O–H groups in total. The second-order valence-electron chi connectivity index (χ2n) is 6.57. The molecule has 1 atom stereocenters. The Morgan fingerprint density at radius 2 is 1.96 bits per heavy atom. The number of rotatable bonds is 7. The van der Waals surface area contributed by atoms with Crippen LogP contribution in [0, 0.1) is 0 Å². The van der Waals surface area contributed by atoms with Crippen molar-refractivity contribution < 1.29 is 19.4 Å². The molecule has 1 saturated carbocycles. The first-order valence-electron chi connectivity index (χ1n) is 8.47. The first-order valence-corrected chi connectivity index (χ1v) is 8.47. The van der Waals surface area contributed by atoms with Gasteiger partial charge in [0.1, 0.15) is 11.8 Å². The summed E-state index contributed by atoms with van der Waals surface area (Å²) in [5.74, 6) is -0.000639. The number of carbonyl (C=O) groups is 2. The lowest BCUT2D eigenvalue weighted by molar-refractivity contribution is -0.143. The van der Waals surface area contributed by atoms with Crippen molar-refractivity contribution in [3.63, 3.8) is 0 Å². The third-order valence-electron chi connectivity index (χ3n) is 4.81. The highest BCUT2D eigenvalue weighted by molar-refractivity contribution is 5.81. The topological polar surface area (TPSA) is 70.1 Å². The van der Waals surface area contributed by atoms with Gasteiger partial charge in [0.25, 0.3) is 0 Å². The standard InChI is InChI=1S/C18H24N2O4/c1-24-15-8-4-13(5-9-15)11-20(14-6-7-14)17(21)12-19-10-2-3-16(19)18(22)23/h4-5,8-9,14,16H,2-3,6-7,10-12H2,1H3,(H,22,23). The van der Waals surface area contributed by atoms with Crippen molar-refractivity contribution in [2.24, 2.45) is 0 Å². The average Bonchev–Trinajstić information content (AvgIpc) is 3.31. The van der Waals surface area contributed by atoms with Gasteiger partial charge in [-0.05, 0) is 49.9 Å². The number of likely N-dealkylation sites (tertiary alicyclic amines) is 1. The molecule has 0 spiro atoms. The number of nitrogens with zero attached hydrogens (tertiary/aromatic N) is 2. The Hall–Kier alpha value is -2.08. The predicted octanol–water partition coefficient (Wildman–Crippen LogP) is 1.74. The van der Waals surface area contributed by atoms with Gasteiger partial charge in [-0.25, -0.2) is 0 Å². The Morgan fingerprint density at radius 1 is 1.25 bits per heavy atom. The molecule has 1 heterocycles. The zero-order valence-corrected chi connectivity index (χ0v) is 14.0. The molecule has 1 aliphatic heterocycles. The molecule has 3 rings (SSSR count). The number of hydrogen-bond acceptors (Lipinski definition) is 4. The molecule has 24 heavy (non-hydrogen) atoms. The lowest BCUT2D eigenvalue weighted by Gasteiger charge is -2.27. The molecule has 6 heteroatoms.